The number of piperazine rings is 1. The van der Waals surface area contributed by atoms with E-state index in [1.165, 1.54) is 16.8 Å². The number of furan rings is 1. The van der Waals surface area contributed by atoms with Crippen LogP contribution < -0.4 is 4.90 Å². The summed E-state index contributed by atoms with van der Waals surface area (Å²) in [5.41, 5.74) is 4.01. The van der Waals surface area contributed by atoms with Gasteiger partial charge in [-0.15, -0.1) is 17.5 Å². The summed E-state index contributed by atoms with van der Waals surface area (Å²) in [6.07, 6.45) is 2.72. The van der Waals surface area contributed by atoms with Gasteiger partial charge in [0.25, 0.3) is 0 Å². The van der Waals surface area contributed by atoms with Crippen LogP contribution in [0.5, 0.6) is 0 Å². The highest BCUT2D eigenvalue weighted by molar-refractivity contribution is 5.85. The third-order valence-electron chi connectivity index (χ3n) is 5.90. The number of hydrogen-bond donors (Lipinski definition) is 0. The molecule has 0 saturated carbocycles. The molecule has 3 aromatic rings. The van der Waals surface area contributed by atoms with Gasteiger partial charge in [0.1, 0.15) is 12.3 Å². The van der Waals surface area contributed by atoms with Crippen molar-refractivity contribution in [3.8, 4) is 0 Å². The average Bonchev–Trinajstić information content (AvgIpc) is 3.41. The molecule has 0 bridgehead atoms. The van der Waals surface area contributed by atoms with Gasteiger partial charge in [0.2, 0.25) is 0 Å². The largest absolute Gasteiger partial charge is 0.467 e. The summed E-state index contributed by atoms with van der Waals surface area (Å²) in [4.78, 5) is 5.06. The first kappa shape index (κ1) is 23.3. The Kier molecular flexibility index (Phi) is 7.73. The number of hydrogen-bond acceptors (Lipinski definition) is 6. The molecule has 168 valence electrons. The predicted molar refractivity (Wildman–Crippen MR) is 125 cm³/mol. The second-order valence-corrected chi connectivity index (χ2v) is 8.73. The first-order chi connectivity index (χ1) is 14.5. The van der Waals surface area contributed by atoms with Crippen LogP contribution >= 0.6 is 12.4 Å². The fourth-order valence-electron chi connectivity index (χ4n) is 4.31. The van der Waals surface area contributed by atoms with E-state index in [-0.39, 0.29) is 18.4 Å². The van der Waals surface area contributed by atoms with Crippen LogP contribution in [0.3, 0.4) is 0 Å². The highest BCUT2D eigenvalue weighted by Gasteiger charge is 2.30. The Labute approximate surface area is 190 Å². The standard InChI is InChI=1S/C23H32N6O.ClH/c1-17(2)14-22(23-24-25-26-29(23)16-20-6-5-13-30-20)28-11-9-27(10-12-28)21-15-18(3)7-8-19(21)4;/h5-8,13,15,17,22H,9-12,14,16H2,1-4H3;1H. The molecule has 1 aliphatic rings. The van der Waals surface area contributed by atoms with Crippen molar-refractivity contribution in [2.75, 3.05) is 31.1 Å². The van der Waals surface area contributed by atoms with Crippen molar-refractivity contribution in [3.63, 3.8) is 0 Å². The van der Waals surface area contributed by atoms with E-state index in [1.54, 1.807) is 6.26 Å². The van der Waals surface area contributed by atoms with Gasteiger partial charge in [-0.2, -0.15) is 0 Å². The summed E-state index contributed by atoms with van der Waals surface area (Å²) in [5.74, 6) is 2.35. The molecular formula is C23H33ClN6O. The fourth-order valence-corrected chi connectivity index (χ4v) is 4.31. The number of benzene rings is 1. The number of rotatable bonds is 7. The number of aryl methyl sites for hydroxylation is 2. The molecule has 4 rings (SSSR count). The maximum absolute atomic E-state index is 5.52. The molecular weight excluding hydrogens is 412 g/mol. The minimum absolute atomic E-state index is 0. The van der Waals surface area contributed by atoms with Gasteiger partial charge in [-0.1, -0.05) is 26.0 Å². The maximum atomic E-state index is 5.52. The van der Waals surface area contributed by atoms with Crippen molar-refractivity contribution in [2.45, 2.75) is 46.7 Å². The SMILES string of the molecule is Cc1ccc(C)c(N2CCN(C(CC(C)C)c3nnnn3Cc3ccco3)CC2)c1.Cl. The van der Waals surface area contributed by atoms with Crippen molar-refractivity contribution >= 4 is 18.1 Å². The highest BCUT2D eigenvalue weighted by atomic mass is 35.5. The van der Waals surface area contributed by atoms with Gasteiger partial charge in [-0.25, -0.2) is 4.68 Å². The lowest BCUT2D eigenvalue weighted by Crippen LogP contribution is -2.48. The van der Waals surface area contributed by atoms with Crippen LogP contribution in [0.2, 0.25) is 0 Å². The number of anilines is 1. The quantitative estimate of drug-likeness (QED) is 0.542. The summed E-state index contributed by atoms with van der Waals surface area (Å²) in [6.45, 7) is 13.5. The van der Waals surface area contributed by atoms with E-state index >= 15 is 0 Å². The molecule has 1 saturated heterocycles. The van der Waals surface area contributed by atoms with Crippen LogP contribution in [0.1, 0.15) is 49.0 Å². The Morgan fingerprint density at radius 3 is 2.52 bits per heavy atom. The summed E-state index contributed by atoms with van der Waals surface area (Å²) < 4.78 is 7.41. The zero-order valence-corrected chi connectivity index (χ0v) is 19.7. The van der Waals surface area contributed by atoms with E-state index in [2.05, 4.69) is 71.2 Å². The molecule has 1 aliphatic heterocycles. The van der Waals surface area contributed by atoms with E-state index in [0.29, 0.717) is 12.5 Å². The van der Waals surface area contributed by atoms with Crippen molar-refractivity contribution < 1.29 is 4.42 Å². The van der Waals surface area contributed by atoms with Crippen LogP contribution in [0.15, 0.2) is 41.0 Å². The number of aromatic nitrogens is 4. The zero-order chi connectivity index (χ0) is 21.1. The topological polar surface area (TPSA) is 63.2 Å². The van der Waals surface area contributed by atoms with Gasteiger partial charge < -0.3 is 9.32 Å². The molecule has 0 radical (unpaired) electrons. The van der Waals surface area contributed by atoms with E-state index in [0.717, 1.165) is 44.2 Å². The van der Waals surface area contributed by atoms with Gasteiger partial charge in [-0.05, 0) is 65.9 Å². The molecule has 0 amide bonds. The third-order valence-corrected chi connectivity index (χ3v) is 5.90. The minimum Gasteiger partial charge on any atom is -0.467 e. The molecule has 8 heteroatoms. The molecule has 0 N–H and O–H groups in total. The summed E-state index contributed by atoms with van der Waals surface area (Å²) in [5, 5.41) is 12.7. The molecule has 1 unspecified atom stereocenters. The van der Waals surface area contributed by atoms with Crippen molar-refractivity contribution in [2.24, 2.45) is 5.92 Å². The lowest BCUT2D eigenvalue weighted by molar-refractivity contribution is 0.153. The second-order valence-electron chi connectivity index (χ2n) is 8.73. The lowest BCUT2D eigenvalue weighted by Gasteiger charge is -2.40. The molecule has 31 heavy (non-hydrogen) atoms. The Morgan fingerprint density at radius 2 is 1.84 bits per heavy atom. The maximum Gasteiger partial charge on any atom is 0.168 e. The van der Waals surface area contributed by atoms with Gasteiger partial charge in [0.15, 0.2) is 5.82 Å². The van der Waals surface area contributed by atoms with Crippen LogP contribution in [0, 0.1) is 19.8 Å². The zero-order valence-electron chi connectivity index (χ0n) is 18.9. The van der Waals surface area contributed by atoms with Crippen LogP contribution in [0.25, 0.3) is 0 Å². The molecule has 0 aliphatic carbocycles. The number of tetrazole rings is 1. The fraction of sp³-hybridized carbons (Fsp3) is 0.522. The molecule has 1 atom stereocenters. The second kappa shape index (κ2) is 10.3. The van der Waals surface area contributed by atoms with E-state index < -0.39 is 0 Å². The lowest BCUT2D eigenvalue weighted by atomic mass is 10.0. The monoisotopic (exact) mass is 444 g/mol. The molecule has 3 heterocycles. The van der Waals surface area contributed by atoms with Crippen LogP contribution in [-0.4, -0.2) is 51.3 Å². The van der Waals surface area contributed by atoms with Crippen molar-refractivity contribution in [3.05, 3.63) is 59.3 Å². The molecule has 0 spiro atoms. The third kappa shape index (κ3) is 5.46. The number of nitrogens with zero attached hydrogens (tertiary/aromatic N) is 6. The van der Waals surface area contributed by atoms with Gasteiger partial charge in [-0.3, -0.25) is 4.90 Å². The van der Waals surface area contributed by atoms with Crippen molar-refractivity contribution in [1.29, 1.82) is 0 Å². The summed E-state index contributed by atoms with van der Waals surface area (Å²) in [6, 6.07) is 10.8. The smallest absolute Gasteiger partial charge is 0.168 e. The van der Waals surface area contributed by atoms with E-state index in [9.17, 15) is 0 Å². The van der Waals surface area contributed by atoms with E-state index in [1.807, 2.05) is 16.8 Å². The Hall–Kier alpha value is -2.38. The first-order valence-electron chi connectivity index (χ1n) is 10.9. The van der Waals surface area contributed by atoms with Gasteiger partial charge in [0.05, 0.1) is 12.3 Å². The van der Waals surface area contributed by atoms with Crippen LogP contribution in [-0.2, 0) is 6.54 Å². The normalized spacial score (nSPS) is 15.8. The molecule has 7 nitrogen and oxygen atoms in total. The highest BCUT2D eigenvalue weighted by Crippen LogP contribution is 2.29. The Balaban J connectivity index is 0.00000272. The van der Waals surface area contributed by atoms with Crippen LogP contribution in [0.4, 0.5) is 5.69 Å². The Bertz CT molecular complexity index is 947. The summed E-state index contributed by atoms with van der Waals surface area (Å²) >= 11 is 0. The van der Waals surface area contributed by atoms with Gasteiger partial charge >= 0.3 is 0 Å². The van der Waals surface area contributed by atoms with Gasteiger partial charge in [0, 0.05) is 31.9 Å². The predicted octanol–water partition coefficient (Wildman–Crippen LogP) is 4.26. The minimum atomic E-state index is 0. The molecule has 1 aromatic carbocycles. The first-order valence-corrected chi connectivity index (χ1v) is 10.9. The molecule has 2 aromatic heterocycles. The average molecular weight is 445 g/mol. The number of halogens is 1. The van der Waals surface area contributed by atoms with Crippen molar-refractivity contribution in [1.82, 2.24) is 25.1 Å². The van der Waals surface area contributed by atoms with E-state index in [4.69, 9.17) is 4.42 Å². The Morgan fingerprint density at radius 1 is 1.06 bits per heavy atom. The molecule has 1 fully saturated rings. The summed E-state index contributed by atoms with van der Waals surface area (Å²) in [7, 11) is 0.